The number of benzene rings is 1. The van der Waals surface area contributed by atoms with Gasteiger partial charge in [-0.25, -0.2) is 21.5 Å². The van der Waals surface area contributed by atoms with Crippen LogP contribution >= 0.6 is 0 Å². The van der Waals surface area contributed by atoms with Crippen molar-refractivity contribution in [3.05, 3.63) is 42.7 Å². The Bertz CT molecular complexity index is 904. The number of nitrogens with zero attached hydrogens (tertiary/aromatic N) is 3. The van der Waals surface area contributed by atoms with Crippen molar-refractivity contribution in [1.82, 2.24) is 14.1 Å². The van der Waals surface area contributed by atoms with E-state index in [2.05, 4.69) is 5.10 Å². The number of hydrogen-bond acceptors (Lipinski definition) is 5. The quantitative estimate of drug-likeness (QED) is 0.786. The predicted molar refractivity (Wildman–Crippen MR) is 90.2 cm³/mol. The summed E-state index contributed by atoms with van der Waals surface area (Å²) in [6, 6.07) is 7.70. The normalized spacial score (nSPS) is 20.5. The minimum absolute atomic E-state index is 0.0436. The van der Waals surface area contributed by atoms with Gasteiger partial charge in [0.25, 0.3) is 0 Å². The van der Waals surface area contributed by atoms with Gasteiger partial charge in [0.2, 0.25) is 10.0 Å². The van der Waals surface area contributed by atoms with Crippen molar-refractivity contribution >= 4 is 19.9 Å². The molecule has 0 aliphatic carbocycles. The highest BCUT2D eigenvalue weighted by Crippen LogP contribution is 2.25. The van der Waals surface area contributed by atoms with E-state index < -0.39 is 25.9 Å². The lowest BCUT2D eigenvalue weighted by Gasteiger charge is -2.26. The summed E-state index contributed by atoms with van der Waals surface area (Å²) in [4.78, 5) is 0.157. The Morgan fingerprint density at radius 3 is 2.50 bits per heavy atom. The summed E-state index contributed by atoms with van der Waals surface area (Å²) in [5.74, 6) is -0.0621. The predicted octanol–water partition coefficient (Wildman–Crippen LogP) is 1.07. The minimum Gasteiger partial charge on any atom is -0.241 e. The lowest BCUT2D eigenvalue weighted by Crippen LogP contribution is -2.40. The van der Waals surface area contributed by atoms with Gasteiger partial charge in [-0.1, -0.05) is 6.92 Å². The summed E-state index contributed by atoms with van der Waals surface area (Å²) in [7, 11) is -6.88. The molecule has 0 spiro atoms. The number of sulfone groups is 1. The van der Waals surface area contributed by atoms with Crippen molar-refractivity contribution in [2.24, 2.45) is 0 Å². The third-order valence-corrected chi connectivity index (χ3v) is 7.93. The molecule has 1 aromatic heterocycles. The molecule has 1 fully saturated rings. The van der Waals surface area contributed by atoms with E-state index in [0.717, 1.165) is 5.69 Å². The Hall–Kier alpha value is -1.71. The minimum atomic E-state index is -3.73. The molecule has 9 heteroatoms. The van der Waals surface area contributed by atoms with Gasteiger partial charge in [-0.3, -0.25) is 0 Å². The Kier molecular flexibility index (Phi) is 4.50. The maximum absolute atomic E-state index is 12.9. The van der Waals surface area contributed by atoms with Crippen LogP contribution in [0.3, 0.4) is 0 Å². The largest absolute Gasteiger partial charge is 0.243 e. The maximum atomic E-state index is 12.9. The molecule has 2 heterocycles. The molecule has 0 bridgehead atoms. The van der Waals surface area contributed by atoms with E-state index in [4.69, 9.17) is 0 Å². The van der Waals surface area contributed by atoms with Gasteiger partial charge in [0.15, 0.2) is 9.84 Å². The molecule has 1 aliphatic rings. The smallest absolute Gasteiger partial charge is 0.241 e. The van der Waals surface area contributed by atoms with Crippen LogP contribution in [-0.4, -0.2) is 55.0 Å². The van der Waals surface area contributed by atoms with Crippen molar-refractivity contribution in [2.45, 2.75) is 24.3 Å². The molecule has 0 N–H and O–H groups in total. The van der Waals surface area contributed by atoms with Crippen LogP contribution < -0.4 is 0 Å². The molecule has 7 nitrogen and oxygen atoms in total. The molecule has 1 atom stereocenters. The summed E-state index contributed by atoms with van der Waals surface area (Å²) in [5, 5.41) is 4.10. The van der Waals surface area contributed by atoms with Crippen molar-refractivity contribution in [2.75, 3.05) is 18.1 Å². The van der Waals surface area contributed by atoms with Gasteiger partial charge >= 0.3 is 0 Å². The SMILES string of the molecule is CCN(C1CCS(=O)(=O)C1)S(=O)(=O)c1ccc(-n2cccn2)cc1. The van der Waals surface area contributed by atoms with E-state index >= 15 is 0 Å². The van der Waals surface area contributed by atoms with Crippen LogP contribution in [0.25, 0.3) is 5.69 Å². The van der Waals surface area contributed by atoms with Gasteiger partial charge < -0.3 is 0 Å². The number of aromatic nitrogens is 2. The summed E-state index contributed by atoms with van der Waals surface area (Å²) in [6.45, 7) is 1.96. The first-order valence-electron chi connectivity index (χ1n) is 7.66. The second-order valence-electron chi connectivity index (χ2n) is 5.71. The van der Waals surface area contributed by atoms with Crippen LogP contribution in [0.1, 0.15) is 13.3 Å². The number of hydrogen-bond donors (Lipinski definition) is 0. The molecule has 1 aromatic carbocycles. The molecule has 1 saturated heterocycles. The van der Waals surface area contributed by atoms with E-state index in [-0.39, 0.29) is 22.9 Å². The Balaban J connectivity index is 1.88. The maximum Gasteiger partial charge on any atom is 0.243 e. The van der Waals surface area contributed by atoms with Gasteiger partial charge in [0.1, 0.15) is 0 Å². The first-order valence-corrected chi connectivity index (χ1v) is 10.9. The average molecular weight is 369 g/mol. The standard InChI is InChI=1S/C15H19N3O4S2/c1-2-18(14-8-11-23(19,20)12-14)24(21,22)15-6-4-13(5-7-15)17-10-3-9-16-17/h3-7,9-10,14H,2,8,11-12H2,1H3. The molecule has 1 unspecified atom stereocenters. The summed E-state index contributed by atoms with van der Waals surface area (Å²) in [6.07, 6.45) is 3.76. The fraction of sp³-hybridized carbons (Fsp3) is 0.400. The molecule has 24 heavy (non-hydrogen) atoms. The summed E-state index contributed by atoms with van der Waals surface area (Å²) in [5.41, 5.74) is 0.755. The average Bonchev–Trinajstić information content (AvgIpc) is 3.18. The van der Waals surface area contributed by atoms with Crippen molar-refractivity contribution in [3.8, 4) is 5.69 Å². The van der Waals surface area contributed by atoms with Gasteiger partial charge in [-0.2, -0.15) is 9.40 Å². The highest BCUT2D eigenvalue weighted by atomic mass is 32.2. The topological polar surface area (TPSA) is 89.3 Å². The first-order chi connectivity index (χ1) is 11.3. The number of rotatable bonds is 5. The van der Waals surface area contributed by atoms with Crippen molar-refractivity contribution in [3.63, 3.8) is 0 Å². The molecular weight excluding hydrogens is 350 g/mol. The zero-order chi connectivity index (χ0) is 17.4. The third kappa shape index (κ3) is 3.24. The van der Waals surface area contributed by atoms with E-state index in [0.29, 0.717) is 6.42 Å². The van der Waals surface area contributed by atoms with Crippen molar-refractivity contribution in [1.29, 1.82) is 0 Å². The summed E-state index contributed by atoms with van der Waals surface area (Å²) >= 11 is 0. The van der Waals surface area contributed by atoms with Gasteiger partial charge in [-0.05, 0) is 36.8 Å². The fourth-order valence-corrected chi connectivity index (χ4v) is 6.44. The van der Waals surface area contributed by atoms with Crippen molar-refractivity contribution < 1.29 is 16.8 Å². The van der Waals surface area contributed by atoms with Gasteiger partial charge in [0, 0.05) is 25.0 Å². The molecule has 1 aliphatic heterocycles. The third-order valence-electron chi connectivity index (χ3n) is 4.14. The first kappa shape index (κ1) is 17.1. The highest BCUT2D eigenvalue weighted by Gasteiger charge is 2.37. The molecule has 3 rings (SSSR count). The van der Waals surface area contributed by atoms with Gasteiger partial charge in [0.05, 0.1) is 22.1 Å². The van der Waals surface area contributed by atoms with Gasteiger partial charge in [-0.15, -0.1) is 0 Å². The molecule has 130 valence electrons. The zero-order valence-electron chi connectivity index (χ0n) is 13.2. The Morgan fingerprint density at radius 2 is 2.00 bits per heavy atom. The van der Waals surface area contributed by atoms with Crippen LogP contribution in [0.15, 0.2) is 47.6 Å². The van der Waals surface area contributed by atoms with Crippen LogP contribution in [0, 0.1) is 0 Å². The zero-order valence-corrected chi connectivity index (χ0v) is 14.9. The monoisotopic (exact) mass is 369 g/mol. The Morgan fingerprint density at radius 1 is 1.29 bits per heavy atom. The van der Waals surface area contributed by atoms with Crippen LogP contribution in [0.2, 0.25) is 0 Å². The van der Waals surface area contributed by atoms with E-state index in [1.807, 2.05) is 0 Å². The van der Waals surface area contributed by atoms with E-state index in [1.165, 1.54) is 16.4 Å². The molecule has 2 aromatic rings. The van der Waals surface area contributed by atoms with Crippen LogP contribution in [-0.2, 0) is 19.9 Å². The van der Waals surface area contributed by atoms with E-state index in [9.17, 15) is 16.8 Å². The molecular formula is C15H19N3O4S2. The number of sulfonamides is 1. The van der Waals surface area contributed by atoms with Crippen LogP contribution in [0.4, 0.5) is 0 Å². The van der Waals surface area contributed by atoms with E-state index in [1.54, 1.807) is 42.2 Å². The molecule has 0 amide bonds. The lowest BCUT2D eigenvalue weighted by atomic mass is 10.3. The second-order valence-corrected chi connectivity index (χ2v) is 9.83. The molecule has 0 radical (unpaired) electrons. The molecule has 0 saturated carbocycles. The van der Waals surface area contributed by atoms with Crippen LogP contribution in [0.5, 0.6) is 0 Å². The Labute approximate surface area is 141 Å². The second kappa shape index (κ2) is 6.30. The lowest BCUT2D eigenvalue weighted by molar-refractivity contribution is 0.354. The highest BCUT2D eigenvalue weighted by molar-refractivity contribution is 7.92. The fourth-order valence-electron chi connectivity index (χ4n) is 2.95. The summed E-state index contributed by atoms with van der Waals surface area (Å²) < 4.78 is 52.0.